The number of benzene rings is 2. The standard InChI is InChI=1S/C13H9F6NO4.C11H8F6O4.C6H15N.C2H7ClN.I2/c14-12(15,16)6-23-8-1-2-10(24-7-13(17,18)19)9(5-8)11(21)22-4-3-20;12-10(13,14)4-20-6-1-2-8(7(3-6)9(18)19)21-5-11(15,16)17;1-4-7(5-2)6-3;1-3-2-4;1-2/h1-2,5H,4,6-7H2;1-3H,4-5H2,(H,18,19);4-6H2,1-3H3;2,4H2,1H3;/q;;;+1;. The van der Waals surface area contributed by atoms with Crippen LogP contribution in [0.4, 0.5) is 52.7 Å². The second kappa shape index (κ2) is 30.9. The van der Waals surface area contributed by atoms with Gasteiger partial charge in [-0.15, -0.1) is 0 Å². The predicted molar refractivity (Wildman–Crippen MR) is 198 cm³/mol. The molecule has 58 heavy (non-hydrogen) atoms. The van der Waals surface area contributed by atoms with Crippen LogP contribution >= 0.6 is 37.2 Å². The third-order valence-corrected chi connectivity index (χ3v) is 6.01. The molecule has 3 N–H and O–H groups in total. The first kappa shape index (κ1) is 59.2. The van der Waals surface area contributed by atoms with Crippen molar-refractivity contribution in [2.45, 2.75) is 45.5 Å². The van der Waals surface area contributed by atoms with Gasteiger partial charge in [-0.3, -0.25) is 5.73 Å². The average molecular weight is 1110 g/mol. The fourth-order valence-electron chi connectivity index (χ4n) is 3.27. The van der Waals surface area contributed by atoms with E-state index in [1.807, 2.05) is 17.2 Å². The molecule has 2 aromatic rings. The third kappa shape index (κ3) is 32.8. The molecule has 0 unspecified atom stereocenters. The molecule has 2 rings (SSSR count). The fraction of sp³-hybridized carbons (Fsp3) is 0.531. The predicted octanol–water partition coefficient (Wildman–Crippen LogP) is 9.25. The highest BCUT2D eigenvalue weighted by Crippen LogP contribution is 2.29. The van der Waals surface area contributed by atoms with Gasteiger partial charge < -0.3 is 33.7 Å². The van der Waals surface area contributed by atoms with Gasteiger partial charge in [-0.05, 0) is 56.0 Å². The van der Waals surface area contributed by atoms with Crippen LogP contribution in [0.25, 0.3) is 0 Å². The molecule has 0 radical (unpaired) electrons. The van der Waals surface area contributed by atoms with Crippen LogP contribution in [-0.2, 0) is 4.74 Å². The van der Waals surface area contributed by atoms with E-state index in [0.29, 0.717) is 12.1 Å². The highest BCUT2D eigenvalue weighted by Gasteiger charge is 2.32. The molecule has 0 bridgehead atoms. The highest BCUT2D eigenvalue weighted by molar-refractivity contribution is 15.0. The zero-order chi connectivity index (χ0) is 45.8. The summed E-state index contributed by atoms with van der Waals surface area (Å²) >= 11 is 4.24. The van der Waals surface area contributed by atoms with Gasteiger partial charge in [0, 0.05) is 37.2 Å². The molecule has 0 atom stereocenters. The second-order valence-corrected chi connectivity index (χ2v) is 10.9. The van der Waals surface area contributed by atoms with Gasteiger partial charge in [0.2, 0.25) is 6.00 Å². The molecule has 0 aliphatic carbocycles. The Morgan fingerprint density at radius 3 is 1.31 bits per heavy atom. The molecule has 0 saturated heterocycles. The zero-order valence-corrected chi connectivity index (χ0v) is 35.8. The molecule has 0 fully saturated rings. The molecule has 0 aliphatic heterocycles. The number of ether oxygens (including phenoxy) is 5. The lowest BCUT2D eigenvalue weighted by atomic mass is 10.2. The van der Waals surface area contributed by atoms with Crippen molar-refractivity contribution in [3.63, 3.8) is 0 Å². The summed E-state index contributed by atoms with van der Waals surface area (Å²) in [6.07, 6.45) is -16.7. The van der Waals surface area contributed by atoms with Crippen molar-refractivity contribution < 1.29 is 102 Å². The third-order valence-electron chi connectivity index (χ3n) is 5.70. The Kier molecular flexibility index (Phi) is 31.5. The summed E-state index contributed by atoms with van der Waals surface area (Å²) < 4.78 is 166. The van der Waals surface area contributed by atoms with Gasteiger partial charge in [0.15, 0.2) is 39.4 Å². The first-order chi connectivity index (χ1) is 26.8. The van der Waals surface area contributed by atoms with Gasteiger partial charge in [-0.25, -0.2) is 9.59 Å². The maximum atomic E-state index is 12.2. The molecule has 0 amide bonds. The van der Waals surface area contributed by atoms with Crippen LogP contribution in [0.5, 0.6) is 23.0 Å². The topological polar surface area (TPSA) is 154 Å². The van der Waals surface area contributed by atoms with Crippen molar-refractivity contribution in [1.29, 1.82) is 5.26 Å². The second-order valence-electron chi connectivity index (χ2n) is 10.0. The van der Waals surface area contributed by atoms with Crippen molar-refractivity contribution in [3.05, 3.63) is 47.5 Å². The van der Waals surface area contributed by atoms with Crippen molar-refractivity contribution in [3.8, 4) is 29.1 Å². The number of carboxylic acid groups (broad SMARTS) is 1. The summed E-state index contributed by atoms with van der Waals surface area (Å²) in [7, 11) is 1.99. The van der Waals surface area contributed by atoms with Gasteiger partial charge in [-0.2, -0.15) is 57.9 Å². The molecule has 26 heteroatoms. The quantitative estimate of drug-likeness (QED) is 0.0577. The Morgan fingerprint density at radius 2 is 1.03 bits per heavy atom. The molecule has 0 aliphatic rings. The number of esters is 1. The largest absolute Gasteiger partial charge is 0.484 e. The number of halogens is 15. The number of alkyl halides is 14. The molecule has 0 heterocycles. The van der Waals surface area contributed by atoms with Gasteiger partial charge in [0.1, 0.15) is 51.0 Å². The number of nitriles is 1. The number of carbonyl (C=O) groups excluding carboxylic acids is 1. The Labute approximate surface area is 352 Å². The number of carbonyl (C=O) groups is 2. The number of nitrogens with zero attached hydrogens (tertiary/aromatic N) is 2. The van der Waals surface area contributed by atoms with Gasteiger partial charge in [0.25, 0.3) is 0 Å². The minimum Gasteiger partial charge on any atom is -0.484 e. The lowest BCUT2D eigenvalue weighted by molar-refractivity contribution is -0.625. The van der Waals surface area contributed by atoms with E-state index < -0.39 is 104 Å². The molecule has 334 valence electrons. The average Bonchev–Trinajstić information content (AvgIpc) is 3.14. The lowest BCUT2D eigenvalue weighted by Crippen LogP contribution is -2.21. The van der Waals surface area contributed by atoms with E-state index in [1.165, 1.54) is 25.7 Å². The number of hydrogen-bond donors (Lipinski definition) is 2. The van der Waals surface area contributed by atoms with E-state index in [9.17, 15) is 62.3 Å². The number of aromatic carboxylic acids is 1. The van der Waals surface area contributed by atoms with E-state index in [-0.39, 0.29) is 0 Å². The molecular weight excluding hydrogens is 1070 g/mol. The minimum absolute atomic E-state index is 0.435. The van der Waals surface area contributed by atoms with Gasteiger partial charge >= 0.3 is 36.6 Å². The normalized spacial score (nSPS) is 11.0. The van der Waals surface area contributed by atoms with Crippen LogP contribution in [0.15, 0.2) is 36.4 Å². The van der Waals surface area contributed by atoms with Gasteiger partial charge in [-0.1, -0.05) is 20.8 Å². The van der Waals surface area contributed by atoms with Crippen LogP contribution in [0, 0.1) is 22.1 Å². The number of hydrogen-bond acceptors (Lipinski definition) is 10. The maximum Gasteiger partial charge on any atom is 0.422 e. The van der Waals surface area contributed by atoms with Crippen LogP contribution in [0.1, 0.15) is 41.5 Å². The van der Waals surface area contributed by atoms with E-state index >= 15 is 0 Å². The number of rotatable bonds is 15. The molecule has 0 aromatic heterocycles. The highest BCUT2D eigenvalue weighted by atomic mass is 128. The Bertz CT molecular complexity index is 1490. The lowest BCUT2D eigenvalue weighted by Gasteiger charge is -2.14. The van der Waals surface area contributed by atoms with E-state index in [1.54, 1.807) is 0 Å². The summed E-state index contributed by atoms with van der Waals surface area (Å²) in [6, 6.07) is 6.93. The fourth-order valence-corrected chi connectivity index (χ4v) is 3.27. The minimum atomic E-state index is -4.70. The summed E-state index contributed by atoms with van der Waals surface area (Å²) in [6.45, 7) is 2.65. The number of nitrogens with two attached hydrogens (primary N) is 1. The van der Waals surface area contributed by atoms with Crippen LogP contribution in [0.2, 0.25) is 0 Å². The van der Waals surface area contributed by atoms with Crippen molar-refractivity contribution >= 4 is 49.2 Å². The molecule has 0 saturated carbocycles. The van der Waals surface area contributed by atoms with Gasteiger partial charge in [0.05, 0.1) is 0 Å². The van der Waals surface area contributed by atoms with Crippen molar-refractivity contribution in [2.75, 3.05) is 65.1 Å². The number of carboxylic acids is 1. The van der Waals surface area contributed by atoms with Crippen LogP contribution in [0.3, 0.4) is 0 Å². The van der Waals surface area contributed by atoms with Crippen LogP contribution < -0.4 is 24.7 Å². The molecule has 2 aromatic carbocycles. The smallest absolute Gasteiger partial charge is 0.422 e. The van der Waals surface area contributed by atoms with E-state index in [0.717, 1.165) is 30.3 Å². The summed E-state index contributed by atoms with van der Waals surface area (Å²) in [5.41, 5.74) is 3.63. The molecule has 11 nitrogen and oxygen atoms in total. The van der Waals surface area contributed by atoms with E-state index in [2.05, 4.69) is 86.6 Å². The summed E-state index contributed by atoms with van der Waals surface area (Å²) in [5, 5.41) is 17.1. The monoisotopic (exact) mass is 1110 g/mol. The Balaban J connectivity index is -0.000000805. The van der Waals surface area contributed by atoms with Crippen molar-refractivity contribution in [1.82, 2.24) is 4.90 Å². The maximum absolute atomic E-state index is 12.2. The summed E-state index contributed by atoms with van der Waals surface area (Å²) in [4.78, 5) is 24.9. The first-order valence-electron chi connectivity index (χ1n) is 15.6. The Hall–Kier alpha value is -3.10. The zero-order valence-electron chi connectivity index (χ0n) is 30.8. The first-order valence-corrected chi connectivity index (χ1v) is 23.2. The SMILES string of the molecule is CCN(CC)CC.C[Cl+]CN.II.N#CCOC(=O)c1cc(OCC(F)(F)F)ccc1OCC(F)(F)F.O=C(O)c1cc(OCC(F)(F)F)ccc1OCC(F)(F)F. The molecule has 0 spiro atoms. The van der Waals surface area contributed by atoms with Crippen LogP contribution in [-0.4, -0.2) is 112 Å². The summed E-state index contributed by atoms with van der Waals surface area (Å²) in [5.74, 6) is -5.00. The van der Waals surface area contributed by atoms with Crippen molar-refractivity contribution in [2.24, 2.45) is 5.73 Å². The molecular formula is C32H39ClF12I2N3O8+. The Morgan fingerprint density at radius 1 is 0.707 bits per heavy atom. The van der Waals surface area contributed by atoms with E-state index in [4.69, 9.17) is 16.1 Å².